The van der Waals surface area contributed by atoms with Crippen LogP contribution in [0.3, 0.4) is 0 Å². The van der Waals surface area contributed by atoms with Crippen molar-refractivity contribution in [1.29, 1.82) is 0 Å². The van der Waals surface area contributed by atoms with E-state index in [4.69, 9.17) is 16.3 Å². The zero-order valence-electron chi connectivity index (χ0n) is 9.51. The van der Waals surface area contributed by atoms with Crippen LogP contribution in [0.1, 0.15) is 22.8 Å². The van der Waals surface area contributed by atoms with E-state index in [9.17, 15) is 19.7 Å². The Morgan fingerprint density at radius 3 is 2.72 bits per heavy atom. The fourth-order valence-electron chi connectivity index (χ4n) is 1.46. The Bertz CT molecular complexity index is 500. The van der Waals surface area contributed by atoms with Gasteiger partial charge in [-0.05, 0) is 18.6 Å². The van der Waals surface area contributed by atoms with Gasteiger partial charge in [0, 0.05) is 11.1 Å². The minimum atomic E-state index is -0.718. The molecule has 0 aromatic heterocycles. The first kappa shape index (κ1) is 14.1. The van der Waals surface area contributed by atoms with Crippen LogP contribution in [0.25, 0.3) is 0 Å². The molecule has 0 atom stereocenters. The van der Waals surface area contributed by atoms with Crippen LogP contribution in [-0.4, -0.2) is 23.8 Å². The van der Waals surface area contributed by atoms with Gasteiger partial charge in [0.05, 0.1) is 23.5 Å². The summed E-state index contributed by atoms with van der Waals surface area (Å²) in [5.41, 5.74) is -0.392. The Morgan fingerprint density at radius 2 is 2.22 bits per heavy atom. The van der Waals surface area contributed by atoms with E-state index < -0.39 is 16.6 Å². The molecule has 6 nitrogen and oxygen atoms in total. The van der Waals surface area contributed by atoms with E-state index in [-0.39, 0.29) is 29.2 Å². The highest BCUT2D eigenvalue weighted by Gasteiger charge is 2.20. The van der Waals surface area contributed by atoms with E-state index in [2.05, 4.69) is 0 Å². The lowest BCUT2D eigenvalue weighted by atomic mass is 10.0. The van der Waals surface area contributed by atoms with E-state index in [1.54, 1.807) is 6.92 Å². The Kier molecular flexibility index (Phi) is 4.79. The average molecular weight is 272 g/mol. The number of hydrogen-bond donors (Lipinski definition) is 0. The number of halogens is 1. The third-order valence-electron chi connectivity index (χ3n) is 2.16. The second-order valence-corrected chi connectivity index (χ2v) is 3.79. The molecule has 96 valence electrons. The summed E-state index contributed by atoms with van der Waals surface area (Å²) in [5.74, 6) is -0.572. The zero-order chi connectivity index (χ0) is 13.7. The van der Waals surface area contributed by atoms with Crippen molar-refractivity contribution in [2.24, 2.45) is 0 Å². The number of nitrogens with zero attached hydrogens (tertiary/aromatic N) is 1. The molecule has 0 aliphatic heterocycles. The minimum absolute atomic E-state index is 0.0894. The number of nitro benzene ring substituents is 1. The molecule has 0 saturated heterocycles. The topological polar surface area (TPSA) is 86.5 Å². The van der Waals surface area contributed by atoms with Gasteiger partial charge in [-0.3, -0.25) is 19.7 Å². The number of carbonyl (C=O) groups is 2. The van der Waals surface area contributed by atoms with Crippen LogP contribution in [-0.2, 0) is 16.0 Å². The van der Waals surface area contributed by atoms with Gasteiger partial charge < -0.3 is 4.74 Å². The maximum absolute atomic E-state index is 11.3. The molecule has 0 fully saturated rings. The molecule has 1 aromatic rings. The van der Waals surface area contributed by atoms with Crippen LogP contribution in [0.2, 0.25) is 5.02 Å². The number of aldehydes is 1. The maximum Gasteiger partial charge on any atom is 0.310 e. The standard InChI is InChI=1S/C11H10ClNO5/c1-2-18-11(15)4-7-3-8(12)5-10(13(16)17)9(7)6-14/h3,5-6H,2,4H2,1H3. The molecule has 0 unspecified atom stereocenters. The van der Waals surface area contributed by atoms with Gasteiger partial charge in [-0.15, -0.1) is 0 Å². The van der Waals surface area contributed by atoms with Crippen LogP contribution in [0.4, 0.5) is 5.69 Å². The summed E-state index contributed by atoms with van der Waals surface area (Å²) in [7, 11) is 0. The summed E-state index contributed by atoms with van der Waals surface area (Å²) in [6.07, 6.45) is 0.104. The number of hydrogen-bond acceptors (Lipinski definition) is 5. The molecule has 0 amide bonds. The smallest absolute Gasteiger partial charge is 0.310 e. The fraction of sp³-hybridized carbons (Fsp3) is 0.273. The fourth-order valence-corrected chi connectivity index (χ4v) is 1.69. The number of ether oxygens (including phenoxy) is 1. The zero-order valence-corrected chi connectivity index (χ0v) is 10.3. The lowest BCUT2D eigenvalue weighted by molar-refractivity contribution is -0.385. The first-order valence-electron chi connectivity index (χ1n) is 5.07. The molecule has 18 heavy (non-hydrogen) atoms. The van der Waals surface area contributed by atoms with Crippen molar-refractivity contribution in [2.45, 2.75) is 13.3 Å². The number of benzene rings is 1. The summed E-state index contributed by atoms with van der Waals surface area (Å²) in [6, 6.07) is 2.41. The molecule has 0 N–H and O–H groups in total. The quantitative estimate of drug-likeness (QED) is 0.354. The molecule has 1 aromatic carbocycles. The first-order chi connectivity index (χ1) is 8.49. The summed E-state index contributed by atoms with van der Waals surface area (Å²) in [5, 5.41) is 10.9. The first-order valence-corrected chi connectivity index (χ1v) is 5.45. The largest absolute Gasteiger partial charge is 0.466 e. The van der Waals surface area contributed by atoms with Gasteiger partial charge in [0.25, 0.3) is 5.69 Å². The van der Waals surface area contributed by atoms with Gasteiger partial charge in [0.2, 0.25) is 0 Å². The van der Waals surface area contributed by atoms with E-state index in [1.165, 1.54) is 6.07 Å². The molecule has 0 bridgehead atoms. The number of nitro groups is 1. The van der Waals surface area contributed by atoms with Crippen molar-refractivity contribution >= 4 is 29.5 Å². The molecule has 0 aliphatic carbocycles. The van der Waals surface area contributed by atoms with Crippen molar-refractivity contribution in [3.05, 3.63) is 38.4 Å². The predicted molar refractivity (Wildman–Crippen MR) is 63.8 cm³/mol. The Morgan fingerprint density at radius 1 is 1.56 bits per heavy atom. The van der Waals surface area contributed by atoms with Gasteiger partial charge in [-0.25, -0.2) is 0 Å². The number of esters is 1. The molecule has 0 aliphatic rings. The second-order valence-electron chi connectivity index (χ2n) is 3.35. The van der Waals surface area contributed by atoms with Crippen molar-refractivity contribution in [1.82, 2.24) is 0 Å². The summed E-state index contributed by atoms with van der Waals surface area (Å²) < 4.78 is 4.72. The van der Waals surface area contributed by atoms with Crippen molar-refractivity contribution in [3.63, 3.8) is 0 Å². The predicted octanol–water partition coefficient (Wildman–Crippen LogP) is 2.17. The monoisotopic (exact) mass is 271 g/mol. The van der Waals surface area contributed by atoms with E-state index in [0.717, 1.165) is 6.07 Å². The van der Waals surface area contributed by atoms with Gasteiger partial charge in [-0.1, -0.05) is 11.6 Å². The summed E-state index contributed by atoms with van der Waals surface area (Å²) in [6.45, 7) is 1.83. The molecule has 0 saturated carbocycles. The van der Waals surface area contributed by atoms with Crippen LogP contribution in [0.15, 0.2) is 12.1 Å². The molecule has 0 heterocycles. The van der Waals surface area contributed by atoms with E-state index >= 15 is 0 Å². The van der Waals surface area contributed by atoms with Crippen molar-refractivity contribution in [2.75, 3.05) is 6.61 Å². The van der Waals surface area contributed by atoms with Gasteiger partial charge >= 0.3 is 5.97 Å². The van der Waals surface area contributed by atoms with E-state index in [1.807, 2.05) is 0 Å². The molecule has 0 spiro atoms. The van der Waals surface area contributed by atoms with Crippen LogP contribution < -0.4 is 0 Å². The normalized spacial score (nSPS) is 9.89. The van der Waals surface area contributed by atoms with Gasteiger partial charge in [-0.2, -0.15) is 0 Å². The number of carbonyl (C=O) groups excluding carboxylic acids is 2. The highest BCUT2D eigenvalue weighted by Crippen LogP contribution is 2.26. The van der Waals surface area contributed by atoms with E-state index in [0.29, 0.717) is 6.29 Å². The molecule has 7 heteroatoms. The third kappa shape index (κ3) is 3.27. The van der Waals surface area contributed by atoms with Crippen molar-refractivity contribution < 1.29 is 19.2 Å². The highest BCUT2D eigenvalue weighted by molar-refractivity contribution is 6.31. The van der Waals surface area contributed by atoms with Gasteiger partial charge in [0.15, 0.2) is 6.29 Å². The van der Waals surface area contributed by atoms with Crippen molar-refractivity contribution in [3.8, 4) is 0 Å². The van der Waals surface area contributed by atoms with Crippen LogP contribution >= 0.6 is 11.6 Å². The van der Waals surface area contributed by atoms with Crippen LogP contribution in [0.5, 0.6) is 0 Å². The molecular weight excluding hydrogens is 262 g/mol. The highest BCUT2D eigenvalue weighted by atomic mass is 35.5. The molecular formula is C11H10ClNO5. The lowest BCUT2D eigenvalue weighted by Crippen LogP contribution is -2.10. The SMILES string of the molecule is CCOC(=O)Cc1cc(Cl)cc([N+](=O)[O-])c1C=O. The second kappa shape index (κ2) is 6.11. The minimum Gasteiger partial charge on any atom is -0.466 e. The summed E-state index contributed by atoms with van der Waals surface area (Å²) in [4.78, 5) is 32.3. The Balaban J connectivity index is 3.21. The Labute approximate surface area is 108 Å². The third-order valence-corrected chi connectivity index (χ3v) is 2.38. The van der Waals surface area contributed by atoms with Gasteiger partial charge in [0.1, 0.15) is 0 Å². The molecule has 0 radical (unpaired) electrons. The maximum atomic E-state index is 11.3. The lowest BCUT2D eigenvalue weighted by Gasteiger charge is -2.06. The average Bonchev–Trinajstić information content (AvgIpc) is 2.28. The number of rotatable bonds is 5. The van der Waals surface area contributed by atoms with Crippen LogP contribution in [0, 0.1) is 10.1 Å². The molecule has 1 rings (SSSR count). The summed E-state index contributed by atoms with van der Waals surface area (Å²) >= 11 is 5.71. The Hall–Kier alpha value is -1.95.